The molecule has 0 spiro atoms. The molecule has 3 heterocycles. The van der Waals surface area contributed by atoms with Gasteiger partial charge in [-0.1, -0.05) is 16.8 Å². The van der Waals surface area contributed by atoms with Gasteiger partial charge in [-0.15, -0.1) is 5.10 Å². The van der Waals surface area contributed by atoms with Crippen molar-refractivity contribution in [2.75, 3.05) is 13.1 Å². The predicted molar refractivity (Wildman–Crippen MR) is 107 cm³/mol. The number of aromatic carboxylic acids is 1. The van der Waals surface area contributed by atoms with Crippen molar-refractivity contribution in [1.82, 2.24) is 24.9 Å². The number of piperidine rings is 1. The van der Waals surface area contributed by atoms with Gasteiger partial charge in [0.15, 0.2) is 5.69 Å². The molecule has 0 radical (unpaired) electrons. The van der Waals surface area contributed by atoms with E-state index >= 15 is 0 Å². The van der Waals surface area contributed by atoms with Gasteiger partial charge in [-0.05, 0) is 50.8 Å². The molecule has 4 rings (SSSR count). The number of aryl methyl sites for hydroxylation is 2. The molecule has 1 fully saturated rings. The summed E-state index contributed by atoms with van der Waals surface area (Å²) in [5, 5.41) is 17.4. The summed E-state index contributed by atoms with van der Waals surface area (Å²) >= 11 is 0. The number of amides is 1. The fourth-order valence-corrected chi connectivity index (χ4v) is 3.97. The van der Waals surface area contributed by atoms with Crippen molar-refractivity contribution in [2.45, 2.75) is 33.2 Å². The molecule has 2 aromatic heterocycles. The fraction of sp³-hybridized carbons (Fsp3) is 0.381. The monoisotopic (exact) mass is 393 g/mol. The molecule has 1 aliphatic rings. The summed E-state index contributed by atoms with van der Waals surface area (Å²) < 4.78 is 1.55. The van der Waals surface area contributed by atoms with Crippen LogP contribution in [0.15, 0.2) is 30.5 Å². The Morgan fingerprint density at radius 3 is 2.83 bits per heavy atom. The summed E-state index contributed by atoms with van der Waals surface area (Å²) in [4.78, 5) is 30.8. The lowest BCUT2D eigenvalue weighted by Gasteiger charge is -2.33. The highest BCUT2D eigenvalue weighted by Gasteiger charge is 2.26. The van der Waals surface area contributed by atoms with E-state index < -0.39 is 5.97 Å². The first kappa shape index (κ1) is 19.0. The van der Waals surface area contributed by atoms with Crippen molar-refractivity contribution >= 4 is 22.8 Å². The zero-order valence-corrected chi connectivity index (χ0v) is 16.5. The Hall–Kier alpha value is -3.29. The third-order valence-electron chi connectivity index (χ3n) is 5.33. The van der Waals surface area contributed by atoms with Crippen LogP contribution in [0.5, 0.6) is 0 Å². The van der Waals surface area contributed by atoms with E-state index in [0.29, 0.717) is 25.2 Å². The highest BCUT2D eigenvalue weighted by atomic mass is 16.4. The number of hydrogen-bond donors (Lipinski definition) is 1. The smallest absolute Gasteiger partial charge is 0.358 e. The number of aromatic nitrogens is 4. The van der Waals surface area contributed by atoms with Crippen LogP contribution < -0.4 is 0 Å². The van der Waals surface area contributed by atoms with Crippen molar-refractivity contribution in [3.8, 4) is 0 Å². The largest absolute Gasteiger partial charge is 0.476 e. The number of fused-ring (bicyclic) bond motifs is 1. The van der Waals surface area contributed by atoms with Gasteiger partial charge in [0.05, 0.1) is 17.3 Å². The normalized spacial score (nSPS) is 16.9. The topological polar surface area (TPSA) is 101 Å². The Kier molecular flexibility index (Phi) is 5.00. The Morgan fingerprint density at radius 1 is 1.24 bits per heavy atom. The van der Waals surface area contributed by atoms with Crippen LogP contribution >= 0.6 is 0 Å². The number of carbonyl (C=O) groups is 2. The Morgan fingerprint density at radius 2 is 2.07 bits per heavy atom. The molecular weight excluding hydrogens is 370 g/mol. The number of nitrogens with zero attached hydrogens (tertiary/aromatic N) is 5. The molecule has 8 nitrogen and oxygen atoms in total. The van der Waals surface area contributed by atoms with Gasteiger partial charge in [0.1, 0.15) is 0 Å². The van der Waals surface area contributed by atoms with E-state index in [0.717, 1.165) is 35.0 Å². The van der Waals surface area contributed by atoms with Crippen LogP contribution in [0, 0.1) is 19.8 Å². The Balaban J connectivity index is 1.55. The molecule has 1 saturated heterocycles. The van der Waals surface area contributed by atoms with Gasteiger partial charge in [0, 0.05) is 30.7 Å². The zero-order chi connectivity index (χ0) is 20.5. The molecule has 1 aliphatic heterocycles. The SMILES string of the molecule is Cc1ccc2nc(C)cc(C(=O)N3CCCC(Cn4cc(C(=O)O)nn4)C3)c2c1. The van der Waals surface area contributed by atoms with Gasteiger partial charge >= 0.3 is 5.97 Å². The molecule has 0 saturated carbocycles. The van der Waals surface area contributed by atoms with Crippen LogP contribution in [-0.2, 0) is 6.54 Å². The molecule has 0 bridgehead atoms. The van der Waals surface area contributed by atoms with Crippen molar-refractivity contribution in [2.24, 2.45) is 5.92 Å². The van der Waals surface area contributed by atoms with E-state index in [-0.39, 0.29) is 17.5 Å². The van der Waals surface area contributed by atoms with Crippen molar-refractivity contribution in [3.05, 3.63) is 53.0 Å². The fourth-order valence-electron chi connectivity index (χ4n) is 3.97. The van der Waals surface area contributed by atoms with Crippen LogP contribution in [0.3, 0.4) is 0 Å². The number of benzene rings is 1. The van der Waals surface area contributed by atoms with Crippen molar-refractivity contribution in [3.63, 3.8) is 0 Å². The molecule has 3 aromatic rings. The van der Waals surface area contributed by atoms with Gasteiger partial charge in [0.25, 0.3) is 5.91 Å². The maximum atomic E-state index is 13.4. The average molecular weight is 393 g/mol. The Labute approximate surface area is 168 Å². The third-order valence-corrected chi connectivity index (χ3v) is 5.33. The van der Waals surface area contributed by atoms with E-state index in [9.17, 15) is 9.59 Å². The van der Waals surface area contributed by atoms with Crippen LogP contribution in [0.25, 0.3) is 10.9 Å². The first-order valence-corrected chi connectivity index (χ1v) is 9.71. The minimum absolute atomic E-state index is 0.0145. The second-order valence-corrected chi connectivity index (χ2v) is 7.72. The van der Waals surface area contributed by atoms with Gasteiger partial charge in [0.2, 0.25) is 0 Å². The number of carbonyl (C=O) groups excluding carboxylic acids is 1. The lowest BCUT2D eigenvalue weighted by Crippen LogP contribution is -2.41. The van der Waals surface area contributed by atoms with Gasteiger partial charge < -0.3 is 10.0 Å². The predicted octanol–water partition coefficient (Wildman–Crippen LogP) is 2.69. The summed E-state index contributed by atoms with van der Waals surface area (Å²) in [6.07, 6.45) is 3.30. The Bertz CT molecular complexity index is 1090. The third kappa shape index (κ3) is 3.96. The van der Waals surface area contributed by atoms with Gasteiger partial charge in [-0.25, -0.2) is 4.79 Å². The molecule has 150 valence electrons. The first-order chi connectivity index (χ1) is 13.9. The highest BCUT2D eigenvalue weighted by Crippen LogP contribution is 2.25. The number of pyridine rings is 1. The molecular formula is C21H23N5O3. The molecule has 1 N–H and O–H groups in total. The zero-order valence-electron chi connectivity index (χ0n) is 16.5. The maximum absolute atomic E-state index is 13.4. The lowest BCUT2D eigenvalue weighted by atomic mass is 9.96. The van der Waals surface area contributed by atoms with Gasteiger partial charge in [-0.2, -0.15) is 0 Å². The second kappa shape index (κ2) is 7.62. The maximum Gasteiger partial charge on any atom is 0.358 e. The van der Waals surface area contributed by atoms with Crippen LogP contribution in [0.1, 0.15) is 44.9 Å². The number of carboxylic acid groups (broad SMARTS) is 1. The van der Waals surface area contributed by atoms with E-state index in [1.165, 1.54) is 6.20 Å². The number of likely N-dealkylation sites (tertiary alicyclic amines) is 1. The minimum atomic E-state index is -1.09. The summed E-state index contributed by atoms with van der Waals surface area (Å²) in [5.41, 5.74) is 3.36. The quantitative estimate of drug-likeness (QED) is 0.731. The molecule has 8 heteroatoms. The van der Waals surface area contributed by atoms with Crippen molar-refractivity contribution < 1.29 is 14.7 Å². The number of carboxylic acids is 1. The van der Waals surface area contributed by atoms with Crippen LogP contribution in [0.4, 0.5) is 0 Å². The number of hydrogen-bond acceptors (Lipinski definition) is 5. The van der Waals surface area contributed by atoms with E-state index in [4.69, 9.17) is 5.11 Å². The molecule has 0 aliphatic carbocycles. The number of rotatable bonds is 4. The standard InChI is InChI=1S/C21H23N5O3/c1-13-5-6-18-16(8-13)17(9-14(2)22-18)20(27)25-7-3-4-15(10-25)11-26-12-19(21(28)29)23-24-26/h5-6,8-9,12,15H,3-4,7,10-11H2,1-2H3,(H,28,29). The van der Waals surface area contributed by atoms with E-state index in [2.05, 4.69) is 15.3 Å². The summed E-state index contributed by atoms with van der Waals surface area (Å²) in [6.45, 7) is 5.77. The molecule has 29 heavy (non-hydrogen) atoms. The first-order valence-electron chi connectivity index (χ1n) is 9.71. The van der Waals surface area contributed by atoms with Crippen molar-refractivity contribution in [1.29, 1.82) is 0 Å². The van der Waals surface area contributed by atoms with E-state index in [1.807, 2.05) is 43.0 Å². The average Bonchev–Trinajstić information content (AvgIpc) is 3.16. The molecule has 1 aromatic carbocycles. The van der Waals surface area contributed by atoms with Crippen LogP contribution in [0.2, 0.25) is 0 Å². The molecule has 1 unspecified atom stereocenters. The molecule has 1 atom stereocenters. The van der Waals surface area contributed by atoms with E-state index in [1.54, 1.807) is 4.68 Å². The summed E-state index contributed by atoms with van der Waals surface area (Å²) in [5.74, 6) is -0.875. The summed E-state index contributed by atoms with van der Waals surface area (Å²) in [7, 11) is 0. The highest BCUT2D eigenvalue weighted by molar-refractivity contribution is 6.06. The second-order valence-electron chi connectivity index (χ2n) is 7.72. The van der Waals surface area contributed by atoms with Crippen LogP contribution in [-0.4, -0.2) is 55.0 Å². The summed E-state index contributed by atoms with van der Waals surface area (Å²) in [6, 6.07) is 7.84. The van der Waals surface area contributed by atoms with Gasteiger partial charge in [-0.3, -0.25) is 14.5 Å². The minimum Gasteiger partial charge on any atom is -0.476 e. The lowest BCUT2D eigenvalue weighted by molar-refractivity contribution is 0.0660. The molecule has 1 amide bonds.